The van der Waals surface area contributed by atoms with Crippen LogP contribution in [0.15, 0.2) is 30.5 Å². The molecule has 0 saturated heterocycles. The van der Waals surface area contributed by atoms with E-state index in [-0.39, 0.29) is 11.5 Å². The van der Waals surface area contributed by atoms with Gasteiger partial charge in [0.2, 0.25) is 0 Å². The van der Waals surface area contributed by atoms with Crippen LogP contribution in [0, 0.1) is 0 Å². The van der Waals surface area contributed by atoms with Gasteiger partial charge in [-0.15, -0.1) is 0 Å². The molecule has 0 unspecified atom stereocenters. The van der Waals surface area contributed by atoms with Crippen molar-refractivity contribution in [2.45, 2.75) is 25.3 Å². The second kappa shape index (κ2) is 5.63. The largest absolute Gasteiger partial charge is 0.478 e. The maximum absolute atomic E-state index is 12.3. The van der Waals surface area contributed by atoms with E-state index in [0.29, 0.717) is 18.0 Å². The number of carbonyl (C=O) groups excluding carboxylic acids is 1. The average molecular weight is 299 g/mol. The minimum Gasteiger partial charge on any atom is -0.478 e. The Hall–Kier alpha value is -2.63. The number of amides is 1. The zero-order valence-electron chi connectivity index (χ0n) is 12.2. The summed E-state index contributed by atoms with van der Waals surface area (Å²) in [5.41, 5.74) is 2.72. The van der Waals surface area contributed by atoms with Gasteiger partial charge in [-0.2, -0.15) is 5.10 Å². The van der Waals surface area contributed by atoms with Gasteiger partial charge < -0.3 is 10.4 Å². The van der Waals surface area contributed by atoms with Crippen molar-refractivity contribution in [1.82, 2.24) is 15.1 Å². The van der Waals surface area contributed by atoms with Crippen LogP contribution in [0.1, 0.15) is 50.7 Å². The van der Waals surface area contributed by atoms with Gasteiger partial charge in [0.05, 0.1) is 23.0 Å². The molecule has 0 radical (unpaired) electrons. The molecule has 2 aromatic rings. The Labute approximate surface area is 127 Å². The lowest BCUT2D eigenvalue weighted by Crippen LogP contribution is -2.23. The molecule has 1 aliphatic rings. The minimum atomic E-state index is -0.958. The molecule has 1 amide bonds. The molecule has 0 aliphatic heterocycles. The number of hydrogen-bond donors (Lipinski definition) is 2. The lowest BCUT2D eigenvalue weighted by molar-refractivity contribution is 0.0696. The van der Waals surface area contributed by atoms with Gasteiger partial charge in [0.25, 0.3) is 5.91 Å². The Balaban J connectivity index is 1.66. The van der Waals surface area contributed by atoms with Crippen molar-refractivity contribution in [1.29, 1.82) is 0 Å². The Bertz CT molecular complexity index is 715. The Morgan fingerprint density at radius 3 is 2.59 bits per heavy atom. The number of carboxylic acid groups (broad SMARTS) is 1. The first kappa shape index (κ1) is 14.3. The summed E-state index contributed by atoms with van der Waals surface area (Å²) in [6.07, 6.45) is 3.82. The molecule has 3 rings (SSSR count). The molecule has 1 heterocycles. The molecule has 1 aromatic heterocycles. The van der Waals surface area contributed by atoms with E-state index in [0.717, 1.165) is 24.1 Å². The van der Waals surface area contributed by atoms with Gasteiger partial charge in [-0.3, -0.25) is 9.48 Å². The van der Waals surface area contributed by atoms with Crippen molar-refractivity contribution < 1.29 is 14.7 Å². The summed E-state index contributed by atoms with van der Waals surface area (Å²) >= 11 is 0. The van der Waals surface area contributed by atoms with Crippen molar-refractivity contribution in [3.8, 4) is 0 Å². The van der Waals surface area contributed by atoms with E-state index < -0.39 is 5.97 Å². The molecule has 0 bridgehead atoms. The van der Waals surface area contributed by atoms with E-state index >= 15 is 0 Å². The summed E-state index contributed by atoms with van der Waals surface area (Å²) in [5, 5.41) is 15.9. The Morgan fingerprint density at radius 1 is 1.32 bits per heavy atom. The molecular weight excluding hydrogens is 282 g/mol. The van der Waals surface area contributed by atoms with Crippen molar-refractivity contribution in [3.05, 3.63) is 52.8 Å². The number of aryl methyl sites for hydroxylation is 1. The van der Waals surface area contributed by atoms with E-state index in [2.05, 4.69) is 10.4 Å². The van der Waals surface area contributed by atoms with Gasteiger partial charge in [0.15, 0.2) is 0 Å². The smallest absolute Gasteiger partial charge is 0.335 e. The van der Waals surface area contributed by atoms with Crippen molar-refractivity contribution >= 4 is 11.9 Å². The summed E-state index contributed by atoms with van der Waals surface area (Å²) in [5.74, 6) is -0.652. The first-order valence-corrected chi connectivity index (χ1v) is 7.18. The maximum atomic E-state index is 12.3. The normalized spacial score (nSPS) is 13.9. The van der Waals surface area contributed by atoms with Crippen LogP contribution in [0.2, 0.25) is 0 Å². The number of nitrogens with one attached hydrogen (secondary N) is 1. The highest BCUT2D eigenvalue weighted by Crippen LogP contribution is 2.41. The zero-order valence-corrected chi connectivity index (χ0v) is 12.2. The van der Waals surface area contributed by atoms with Crippen LogP contribution in [0.25, 0.3) is 0 Å². The number of rotatable bonds is 5. The summed E-state index contributed by atoms with van der Waals surface area (Å²) in [6, 6.07) is 6.47. The fraction of sp³-hybridized carbons (Fsp3) is 0.312. The monoisotopic (exact) mass is 299 g/mol. The quantitative estimate of drug-likeness (QED) is 0.883. The van der Waals surface area contributed by atoms with Gasteiger partial charge in [0.1, 0.15) is 0 Å². The highest BCUT2D eigenvalue weighted by Gasteiger charge is 2.31. The van der Waals surface area contributed by atoms with E-state index in [9.17, 15) is 9.59 Å². The van der Waals surface area contributed by atoms with Crippen molar-refractivity contribution in [3.63, 3.8) is 0 Å². The predicted molar refractivity (Wildman–Crippen MR) is 79.8 cm³/mol. The summed E-state index contributed by atoms with van der Waals surface area (Å²) in [4.78, 5) is 23.1. The fourth-order valence-electron chi connectivity index (χ4n) is 2.51. The third-order valence-corrected chi connectivity index (χ3v) is 3.85. The van der Waals surface area contributed by atoms with Gasteiger partial charge in [-0.05, 0) is 30.5 Å². The van der Waals surface area contributed by atoms with E-state index in [4.69, 9.17) is 5.11 Å². The molecule has 1 aliphatic carbocycles. The van der Waals surface area contributed by atoms with E-state index in [1.807, 2.05) is 7.05 Å². The van der Waals surface area contributed by atoms with Crippen LogP contribution in [0.3, 0.4) is 0 Å². The Morgan fingerprint density at radius 2 is 2.00 bits per heavy atom. The number of carbonyl (C=O) groups is 2. The highest BCUT2D eigenvalue weighted by molar-refractivity contribution is 5.95. The molecule has 1 fully saturated rings. The van der Waals surface area contributed by atoms with Gasteiger partial charge in [-0.1, -0.05) is 12.1 Å². The molecule has 2 N–H and O–H groups in total. The molecule has 0 spiro atoms. The lowest BCUT2D eigenvalue weighted by Gasteiger charge is -2.07. The number of aromatic carboxylic acids is 1. The average Bonchev–Trinajstić information content (AvgIpc) is 3.27. The van der Waals surface area contributed by atoms with Crippen molar-refractivity contribution in [2.24, 2.45) is 7.05 Å². The standard InChI is InChI=1S/C16H17N3O3/c1-19-14(11-6-7-11)13(9-18-19)15(20)17-8-10-2-4-12(5-3-10)16(21)22/h2-5,9,11H,6-8H2,1H3,(H,17,20)(H,21,22). The van der Waals surface area contributed by atoms with E-state index in [1.54, 1.807) is 23.0 Å². The lowest BCUT2D eigenvalue weighted by atomic mass is 10.1. The van der Waals surface area contributed by atoms with Crippen molar-refractivity contribution in [2.75, 3.05) is 0 Å². The number of nitrogens with zero attached hydrogens (tertiary/aromatic N) is 2. The third-order valence-electron chi connectivity index (χ3n) is 3.85. The molecule has 0 atom stereocenters. The summed E-state index contributed by atoms with van der Waals surface area (Å²) in [6.45, 7) is 0.359. The van der Waals surface area contributed by atoms with Gasteiger partial charge in [0, 0.05) is 19.5 Å². The zero-order chi connectivity index (χ0) is 15.7. The number of aromatic nitrogens is 2. The van der Waals surface area contributed by atoms with E-state index in [1.165, 1.54) is 12.1 Å². The molecular formula is C16H17N3O3. The van der Waals surface area contributed by atoms with Crippen LogP contribution in [-0.4, -0.2) is 26.8 Å². The summed E-state index contributed by atoms with van der Waals surface area (Å²) in [7, 11) is 1.86. The van der Waals surface area contributed by atoms with Crippen LogP contribution < -0.4 is 5.32 Å². The second-order valence-corrected chi connectivity index (χ2v) is 5.53. The number of benzene rings is 1. The molecule has 1 saturated carbocycles. The summed E-state index contributed by atoms with van der Waals surface area (Å²) < 4.78 is 1.77. The number of carboxylic acids is 1. The topological polar surface area (TPSA) is 84.2 Å². The second-order valence-electron chi connectivity index (χ2n) is 5.53. The molecule has 6 heteroatoms. The van der Waals surface area contributed by atoms with Crippen LogP contribution >= 0.6 is 0 Å². The SMILES string of the molecule is Cn1ncc(C(=O)NCc2ccc(C(=O)O)cc2)c1C1CC1. The molecule has 1 aromatic carbocycles. The maximum Gasteiger partial charge on any atom is 0.335 e. The molecule has 114 valence electrons. The number of hydrogen-bond acceptors (Lipinski definition) is 3. The highest BCUT2D eigenvalue weighted by atomic mass is 16.4. The minimum absolute atomic E-state index is 0.141. The van der Waals surface area contributed by atoms with Crippen LogP contribution in [-0.2, 0) is 13.6 Å². The fourth-order valence-corrected chi connectivity index (χ4v) is 2.51. The first-order chi connectivity index (χ1) is 10.6. The van der Waals surface area contributed by atoms with Gasteiger partial charge in [-0.25, -0.2) is 4.79 Å². The third kappa shape index (κ3) is 2.86. The predicted octanol–water partition coefficient (Wildman–Crippen LogP) is 1.93. The molecule has 6 nitrogen and oxygen atoms in total. The van der Waals surface area contributed by atoms with Gasteiger partial charge >= 0.3 is 5.97 Å². The van der Waals surface area contributed by atoms with Crippen LogP contribution in [0.4, 0.5) is 0 Å². The molecule has 22 heavy (non-hydrogen) atoms. The van der Waals surface area contributed by atoms with Crippen LogP contribution in [0.5, 0.6) is 0 Å². The Kier molecular flexibility index (Phi) is 3.66. The first-order valence-electron chi connectivity index (χ1n) is 7.18.